The molecule has 0 saturated carbocycles. The number of rotatable bonds is 6. The molecule has 6 nitrogen and oxygen atoms in total. The van der Waals surface area contributed by atoms with Crippen LogP contribution >= 0.6 is 0 Å². The number of para-hydroxylation sites is 1. The number of amides is 1. The number of carbonyl (C=O) groups excluding carboxylic acids is 1. The largest absolute Gasteiger partial charge is 0.484 e. The van der Waals surface area contributed by atoms with Gasteiger partial charge < -0.3 is 9.64 Å². The zero-order chi connectivity index (χ0) is 19.3. The van der Waals surface area contributed by atoms with Crippen LogP contribution in [0.25, 0.3) is 0 Å². The van der Waals surface area contributed by atoms with E-state index in [1.807, 2.05) is 49.4 Å². The molecule has 1 aliphatic rings. The molecule has 0 aliphatic carbocycles. The van der Waals surface area contributed by atoms with Crippen molar-refractivity contribution in [2.45, 2.75) is 12.7 Å². The second-order valence-electron chi connectivity index (χ2n) is 6.58. The third kappa shape index (κ3) is 5.08. The normalized spacial score (nSPS) is 15.5. The van der Waals surface area contributed by atoms with Crippen LogP contribution in [-0.2, 0) is 20.6 Å². The number of piperazine rings is 1. The van der Waals surface area contributed by atoms with Gasteiger partial charge >= 0.3 is 0 Å². The van der Waals surface area contributed by atoms with Gasteiger partial charge in [0.05, 0.1) is 5.75 Å². The molecule has 7 heteroatoms. The second-order valence-corrected chi connectivity index (χ2v) is 8.54. The van der Waals surface area contributed by atoms with Crippen molar-refractivity contribution in [3.05, 3.63) is 65.7 Å². The molecule has 2 aromatic carbocycles. The number of benzene rings is 2. The lowest BCUT2D eigenvalue weighted by atomic mass is 10.2. The maximum atomic E-state index is 12.6. The molecule has 1 saturated heterocycles. The van der Waals surface area contributed by atoms with E-state index in [1.54, 1.807) is 17.0 Å². The first-order chi connectivity index (χ1) is 13.0. The summed E-state index contributed by atoms with van der Waals surface area (Å²) in [6, 6.07) is 16.7. The molecule has 0 unspecified atom stereocenters. The number of carbonyl (C=O) groups is 1. The van der Waals surface area contributed by atoms with Crippen molar-refractivity contribution in [2.24, 2.45) is 0 Å². The first kappa shape index (κ1) is 19.4. The van der Waals surface area contributed by atoms with E-state index in [9.17, 15) is 13.2 Å². The quantitative estimate of drug-likeness (QED) is 0.760. The molecule has 0 spiro atoms. The highest BCUT2D eigenvalue weighted by Crippen LogP contribution is 2.17. The molecular weight excluding hydrogens is 364 g/mol. The summed E-state index contributed by atoms with van der Waals surface area (Å²) in [4.78, 5) is 14.0. The summed E-state index contributed by atoms with van der Waals surface area (Å²) in [5, 5.41) is 0. The number of hydrogen-bond acceptors (Lipinski definition) is 4. The smallest absolute Gasteiger partial charge is 0.260 e. The molecule has 2 aromatic rings. The molecule has 0 aromatic heterocycles. The van der Waals surface area contributed by atoms with Gasteiger partial charge in [0.15, 0.2) is 6.61 Å². The predicted molar refractivity (Wildman–Crippen MR) is 104 cm³/mol. The number of nitrogens with zero attached hydrogens (tertiary/aromatic N) is 2. The van der Waals surface area contributed by atoms with Gasteiger partial charge in [-0.3, -0.25) is 4.79 Å². The van der Waals surface area contributed by atoms with Gasteiger partial charge in [0.2, 0.25) is 10.0 Å². The topological polar surface area (TPSA) is 66.9 Å². The van der Waals surface area contributed by atoms with Crippen molar-refractivity contribution < 1.29 is 17.9 Å². The van der Waals surface area contributed by atoms with Crippen molar-refractivity contribution in [1.29, 1.82) is 0 Å². The van der Waals surface area contributed by atoms with E-state index in [1.165, 1.54) is 4.31 Å². The van der Waals surface area contributed by atoms with Crippen LogP contribution in [0.2, 0.25) is 0 Å². The summed E-state index contributed by atoms with van der Waals surface area (Å²) in [5.74, 6) is 0.548. The van der Waals surface area contributed by atoms with Gasteiger partial charge in [0.25, 0.3) is 5.91 Å². The van der Waals surface area contributed by atoms with Gasteiger partial charge in [-0.2, -0.15) is 4.31 Å². The zero-order valence-electron chi connectivity index (χ0n) is 15.4. The number of ether oxygens (including phenoxy) is 1. The van der Waals surface area contributed by atoms with Crippen molar-refractivity contribution in [2.75, 3.05) is 32.8 Å². The van der Waals surface area contributed by atoms with Crippen LogP contribution in [0.15, 0.2) is 54.6 Å². The fourth-order valence-corrected chi connectivity index (χ4v) is 4.56. The molecule has 1 fully saturated rings. The molecular formula is C20H24N2O4S. The first-order valence-electron chi connectivity index (χ1n) is 8.94. The summed E-state index contributed by atoms with van der Waals surface area (Å²) in [7, 11) is -3.38. The molecule has 1 heterocycles. The number of sulfonamides is 1. The second kappa shape index (κ2) is 8.54. The lowest BCUT2D eigenvalue weighted by Gasteiger charge is -2.34. The highest BCUT2D eigenvalue weighted by atomic mass is 32.2. The Labute approximate surface area is 160 Å². The average molecular weight is 388 g/mol. The Kier molecular flexibility index (Phi) is 6.13. The molecule has 3 rings (SSSR count). The predicted octanol–water partition coefficient (Wildman–Crippen LogP) is 2.05. The number of hydrogen-bond donors (Lipinski definition) is 0. The van der Waals surface area contributed by atoms with Crippen LogP contribution in [0.4, 0.5) is 0 Å². The summed E-state index contributed by atoms with van der Waals surface area (Å²) >= 11 is 0. The molecule has 144 valence electrons. The van der Waals surface area contributed by atoms with Gasteiger partial charge in [0.1, 0.15) is 5.75 Å². The van der Waals surface area contributed by atoms with E-state index in [0.29, 0.717) is 31.9 Å². The lowest BCUT2D eigenvalue weighted by Crippen LogP contribution is -2.51. The van der Waals surface area contributed by atoms with E-state index in [-0.39, 0.29) is 18.3 Å². The van der Waals surface area contributed by atoms with E-state index in [2.05, 4.69) is 0 Å². The minimum absolute atomic E-state index is 0.0157. The molecule has 27 heavy (non-hydrogen) atoms. The molecule has 0 N–H and O–H groups in total. The Bertz CT molecular complexity index is 876. The van der Waals surface area contributed by atoms with Gasteiger partial charge in [-0.1, -0.05) is 48.5 Å². The van der Waals surface area contributed by atoms with Crippen LogP contribution < -0.4 is 4.74 Å². The SMILES string of the molecule is Cc1ccccc1OCC(=O)N1CCN(S(=O)(=O)Cc2ccccc2)CC1. The van der Waals surface area contributed by atoms with Crippen molar-refractivity contribution in [3.63, 3.8) is 0 Å². The summed E-state index contributed by atoms with van der Waals surface area (Å²) in [6.07, 6.45) is 0. The highest BCUT2D eigenvalue weighted by Gasteiger charge is 2.29. The summed E-state index contributed by atoms with van der Waals surface area (Å²) in [6.45, 7) is 3.27. The van der Waals surface area contributed by atoms with Gasteiger partial charge in [-0.05, 0) is 24.1 Å². The maximum absolute atomic E-state index is 12.6. The fourth-order valence-electron chi connectivity index (χ4n) is 3.04. The van der Waals surface area contributed by atoms with Gasteiger partial charge in [-0.15, -0.1) is 0 Å². The van der Waals surface area contributed by atoms with E-state index in [4.69, 9.17) is 4.74 Å². The van der Waals surface area contributed by atoms with Crippen molar-refractivity contribution in [1.82, 2.24) is 9.21 Å². The van der Waals surface area contributed by atoms with Crippen LogP contribution in [0.1, 0.15) is 11.1 Å². The van der Waals surface area contributed by atoms with Crippen LogP contribution in [-0.4, -0.2) is 56.3 Å². The van der Waals surface area contributed by atoms with Gasteiger partial charge in [-0.25, -0.2) is 8.42 Å². The van der Waals surface area contributed by atoms with E-state index >= 15 is 0 Å². The summed E-state index contributed by atoms with van der Waals surface area (Å²) in [5.41, 5.74) is 1.74. The fraction of sp³-hybridized carbons (Fsp3) is 0.350. The minimum Gasteiger partial charge on any atom is -0.484 e. The maximum Gasteiger partial charge on any atom is 0.260 e. The Morgan fingerprint density at radius 3 is 2.26 bits per heavy atom. The molecule has 1 amide bonds. The van der Waals surface area contributed by atoms with Gasteiger partial charge in [0, 0.05) is 26.2 Å². The Morgan fingerprint density at radius 1 is 0.963 bits per heavy atom. The molecule has 0 bridgehead atoms. The summed E-state index contributed by atoms with van der Waals surface area (Å²) < 4.78 is 32.2. The Hall–Kier alpha value is -2.38. The lowest BCUT2D eigenvalue weighted by molar-refractivity contribution is -0.134. The number of aryl methyl sites for hydroxylation is 1. The first-order valence-corrected chi connectivity index (χ1v) is 10.5. The molecule has 1 aliphatic heterocycles. The highest BCUT2D eigenvalue weighted by molar-refractivity contribution is 7.88. The monoisotopic (exact) mass is 388 g/mol. The zero-order valence-corrected chi connectivity index (χ0v) is 16.2. The third-order valence-corrected chi connectivity index (χ3v) is 6.47. The standard InChI is InChI=1S/C20H24N2O4S/c1-17-7-5-6-10-19(17)26-15-20(23)21-11-13-22(14-12-21)27(24,25)16-18-8-3-2-4-9-18/h2-10H,11-16H2,1H3. The minimum atomic E-state index is -3.38. The van der Waals surface area contributed by atoms with Crippen molar-refractivity contribution >= 4 is 15.9 Å². The Morgan fingerprint density at radius 2 is 1.59 bits per heavy atom. The van der Waals surface area contributed by atoms with Crippen LogP contribution in [0, 0.1) is 6.92 Å². The van der Waals surface area contributed by atoms with Crippen LogP contribution in [0.5, 0.6) is 5.75 Å². The van der Waals surface area contributed by atoms with Crippen LogP contribution in [0.3, 0.4) is 0 Å². The van der Waals surface area contributed by atoms with E-state index < -0.39 is 10.0 Å². The van der Waals surface area contributed by atoms with E-state index in [0.717, 1.165) is 11.1 Å². The molecule has 0 atom stereocenters. The third-order valence-electron chi connectivity index (χ3n) is 4.62. The average Bonchev–Trinajstić information content (AvgIpc) is 2.68. The van der Waals surface area contributed by atoms with Crippen molar-refractivity contribution in [3.8, 4) is 5.75 Å². The Balaban J connectivity index is 1.50. The molecule has 0 radical (unpaired) electrons.